The Bertz CT molecular complexity index is 998. The van der Waals surface area contributed by atoms with Crippen molar-refractivity contribution in [3.05, 3.63) is 65.5 Å². The number of allylic oxidation sites excluding steroid dienone is 4. The Morgan fingerprint density at radius 3 is 2.93 bits per heavy atom. The number of rotatable bonds is 1. The van der Waals surface area contributed by atoms with E-state index in [1.54, 1.807) is 11.1 Å². The molecule has 1 aromatic carbocycles. The molecule has 4 aliphatic rings. The molecule has 6 rings (SSSR count). The van der Waals surface area contributed by atoms with Crippen LogP contribution in [0.3, 0.4) is 0 Å². The van der Waals surface area contributed by atoms with Gasteiger partial charge in [-0.15, -0.1) is 0 Å². The molecule has 2 fully saturated rings. The van der Waals surface area contributed by atoms with E-state index in [4.69, 9.17) is 0 Å². The fraction of sp³-hybridized carbons (Fsp3) is 0.536. The van der Waals surface area contributed by atoms with Gasteiger partial charge in [0.05, 0.1) is 0 Å². The third-order valence-corrected chi connectivity index (χ3v) is 9.18. The first-order valence-corrected chi connectivity index (χ1v) is 12.0. The van der Waals surface area contributed by atoms with Gasteiger partial charge in [-0.05, 0) is 116 Å². The van der Waals surface area contributed by atoms with Crippen LogP contribution in [0.1, 0.15) is 76.2 Å². The number of hydrogen-bond donors (Lipinski definition) is 0. The molecule has 0 spiro atoms. The topological polar surface area (TPSA) is 12.9 Å². The number of benzene rings is 1. The van der Waals surface area contributed by atoms with E-state index < -0.39 is 0 Å². The summed E-state index contributed by atoms with van der Waals surface area (Å²) in [7, 11) is 0. The van der Waals surface area contributed by atoms with Crippen molar-refractivity contribution in [3.8, 4) is 0 Å². The van der Waals surface area contributed by atoms with Crippen molar-refractivity contribution in [1.29, 1.82) is 0 Å². The molecule has 0 aliphatic heterocycles. The second-order valence-electron chi connectivity index (χ2n) is 10.5. The van der Waals surface area contributed by atoms with Crippen LogP contribution in [0.4, 0.5) is 0 Å². The van der Waals surface area contributed by atoms with Crippen LogP contribution >= 0.6 is 0 Å². The summed E-state index contributed by atoms with van der Waals surface area (Å²) in [6, 6.07) is 9.31. The van der Waals surface area contributed by atoms with Crippen LogP contribution in [0.5, 0.6) is 0 Å². The van der Waals surface area contributed by atoms with Gasteiger partial charge < -0.3 is 0 Å². The molecule has 2 aromatic rings. The Kier molecular flexibility index (Phi) is 4.22. The molecule has 1 nitrogen and oxygen atoms in total. The minimum atomic E-state index is 0.460. The Balaban J connectivity index is 1.33. The lowest BCUT2D eigenvalue weighted by Gasteiger charge is -2.46. The SMILES string of the molecule is CC12CCC3=CC4=CCCCC4CCC3C1CCC2c1ccc2ccncc2c1. The van der Waals surface area contributed by atoms with E-state index in [1.807, 2.05) is 18.0 Å². The number of nitrogens with zero attached hydrogens (tertiary/aromatic N) is 1. The quantitative estimate of drug-likeness (QED) is 0.494. The molecule has 150 valence electrons. The lowest BCUT2D eigenvalue weighted by Crippen LogP contribution is -2.37. The minimum Gasteiger partial charge on any atom is -0.264 e. The zero-order chi connectivity index (χ0) is 19.4. The predicted molar refractivity (Wildman–Crippen MR) is 121 cm³/mol. The van der Waals surface area contributed by atoms with Crippen molar-refractivity contribution >= 4 is 10.8 Å². The van der Waals surface area contributed by atoms with Gasteiger partial charge in [0.2, 0.25) is 0 Å². The largest absolute Gasteiger partial charge is 0.264 e. The summed E-state index contributed by atoms with van der Waals surface area (Å²) in [5.41, 5.74) is 5.54. The van der Waals surface area contributed by atoms with E-state index in [-0.39, 0.29) is 0 Å². The summed E-state index contributed by atoms with van der Waals surface area (Å²) in [6.07, 6.45) is 21.7. The molecule has 1 aromatic heterocycles. The van der Waals surface area contributed by atoms with Gasteiger partial charge in [-0.25, -0.2) is 0 Å². The van der Waals surface area contributed by atoms with Crippen molar-refractivity contribution < 1.29 is 0 Å². The van der Waals surface area contributed by atoms with Gasteiger partial charge in [-0.1, -0.05) is 36.8 Å². The summed E-state index contributed by atoms with van der Waals surface area (Å²) < 4.78 is 0. The van der Waals surface area contributed by atoms with Gasteiger partial charge in [-0.2, -0.15) is 0 Å². The Labute approximate surface area is 175 Å². The first-order valence-electron chi connectivity index (χ1n) is 12.0. The van der Waals surface area contributed by atoms with Crippen molar-refractivity contribution in [3.63, 3.8) is 0 Å². The molecule has 0 radical (unpaired) electrons. The summed E-state index contributed by atoms with van der Waals surface area (Å²) in [5.74, 6) is 3.28. The van der Waals surface area contributed by atoms with Crippen molar-refractivity contribution in [2.45, 2.75) is 70.6 Å². The monoisotopic (exact) mass is 383 g/mol. The molecule has 5 atom stereocenters. The number of fused-ring (bicyclic) bond motifs is 5. The maximum Gasteiger partial charge on any atom is 0.0346 e. The van der Waals surface area contributed by atoms with Gasteiger partial charge in [0.1, 0.15) is 0 Å². The number of hydrogen-bond acceptors (Lipinski definition) is 1. The molecule has 2 saturated carbocycles. The molecular weight excluding hydrogens is 350 g/mol. The average molecular weight is 384 g/mol. The summed E-state index contributed by atoms with van der Waals surface area (Å²) in [5, 5.41) is 2.62. The maximum absolute atomic E-state index is 4.37. The summed E-state index contributed by atoms with van der Waals surface area (Å²) >= 11 is 0. The van der Waals surface area contributed by atoms with Crippen LogP contribution in [0.2, 0.25) is 0 Å². The molecule has 0 N–H and O–H groups in total. The second kappa shape index (κ2) is 6.83. The third-order valence-electron chi connectivity index (χ3n) is 9.18. The molecule has 0 amide bonds. The molecule has 5 unspecified atom stereocenters. The van der Waals surface area contributed by atoms with Gasteiger partial charge >= 0.3 is 0 Å². The predicted octanol–water partition coefficient (Wildman–Crippen LogP) is 7.59. The van der Waals surface area contributed by atoms with Crippen LogP contribution in [-0.2, 0) is 0 Å². The number of aromatic nitrogens is 1. The van der Waals surface area contributed by atoms with Crippen LogP contribution in [0.15, 0.2) is 60.0 Å². The Morgan fingerprint density at radius 2 is 1.97 bits per heavy atom. The van der Waals surface area contributed by atoms with E-state index in [0.29, 0.717) is 11.3 Å². The highest BCUT2D eigenvalue weighted by molar-refractivity contribution is 5.82. The van der Waals surface area contributed by atoms with E-state index in [2.05, 4.69) is 48.3 Å². The van der Waals surface area contributed by atoms with E-state index in [0.717, 1.165) is 17.8 Å². The zero-order valence-electron chi connectivity index (χ0n) is 17.7. The smallest absolute Gasteiger partial charge is 0.0346 e. The molecule has 1 heteroatoms. The van der Waals surface area contributed by atoms with Gasteiger partial charge in [0.15, 0.2) is 0 Å². The lowest BCUT2D eigenvalue weighted by molar-refractivity contribution is 0.104. The van der Waals surface area contributed by atoms with Crippen molar-refractivity contribution in [1.82, 2.24) is 4.98 Å². The maximum atomic E-state index is 4.37. The highest BCUT2D eigenvalue weighted by atomic mass is 14.6. The standard InChI is InChI=1S/C28H33N/c1-28-14-12-22-16-21-5-3-2-4-19(21)8-9-25(22)27(28)11-10-26(28)23-7-6-20-13-15-29-18-24(20)17-23/h5-7,13,15-19,25-27H,2-4,8-12,14H2,1H3. The fourth-order valence-corrected chi connectivity index (χ4v) is 7.62. The zero-order valence-corrected chi connectivity index (χ0v) is 17.7. The Hall–Kier alpha value is -1.89. The molecule has 4 aliphatic carbocycles. The van der Waals surface area contributed by atoms with Crippen LogP contribution < -0.4 is 0 Å². The van der Waals surface area contributed by atoms with E-state index in [1.165, 1.54) is 68.6 Å². The third kappa shape index (κ3) is 2.84. The van der Waals surface area contributed by atoms with Crippen LogP contribution in [0, 0.1) is 23.2 Å². The van der Waals surface area contributed by atoms with E-state index in [9.17, 15) is 0 Å². The Morgan fingerprint density at radius 1 is 1.00 bits per heavy atom. The van der Waals surface area contributed by atoms with Crippen LogP contribution in [-0.4, -0.2) is 4.98 Å². The average Bonchev–Trinajstić information content (AvgIpc) is 2.99. The van der Waals surface area contributed by atoms with Gasteiger partial charge in [0, 0.05) is 17.8 Å². The van der Waals surface area contributed by atoms with Gasteiger partial charge in [-0.3, -0.25) is 4.98 Å². The van der Waals surface area contributed by atoms with Crippen LogP contribution in [0.25, 0.3) is 10.8 Å². The molecule has 0 bridgehead atoms. The highest BCUT2D eigenvalue weighted by Crippen LogP contribution is 2.63. The minimum absolute atomic E-state index is 0.460. The van der Waals surface area contributed by atoms with Crippen molar-refractivity contribution in [2.24, 2.45) is 23.2 Å². The first kappa shape index (κ1) is 17.9. The summed E-state index contributed by atoms with van der Waals surface area (Å²) in [6.45, 7) is 2.64. The molecule has 1 heterocycles. The highest BCUT2D eigenvalue weighted by Gasteiger charge is 2.53. The lowest BCUT2D eigenvalue weighted by atomic mass is 9.58. The second-order valence-corrected chi connectivity index (χ2v) is 10.5. The molecule has 29 heavy (non-hydrogen) atoms. The van der Waals surface area contributed by atoms with Crippen molar-refractivity contribution in [2.75, 3.05) is 0 Å². The number of pyridine rings is 1. The first-order chi connectivity index (χ1) is 14.2. The molecule has 0 saturated heterocycles. The fourth-order valence-electron chi connectivity index (χ4n) is 7.62. The normalized spacial score (nSPS) is 36.4. The molecular formula is C28H33N. The van der Waals surface area contributed by atoms with E-state index >= 15 is 0 Å². The van der Waals surface area contributed by atoms with Gasteiger partial charge in [0.25, 0.3) is 0 Å². The summed E-state index contributed by atoms with van der Waals surface area (Å²) in [4.78, 5) is 4.37.